The van der Waals surface area contributed by atoms with E-state index in [0.717, 1.165) is 43.0 Å². The number of ether oxygens (including phenoxy) is 7. The van der Waals surface area contributed by atoms with E-state index in [0.29, 0.717) is 56.8 Å². The molecule has 0 fully saturated rings. The molecule has 1 heterocycles. The van der Waals surface area contributed by atoms with Gasteiger partial charge in [0.2, 0.25) is 5.36 Å². The van der Waals surface area contributed by atoms with E-state index in [2.05, 4.69) is 45.9 Å². The van der Waals surface area contributed by atoms with Crippen LogP contribution < -0.4 is 29.0 Å². The molecule has 358 valence electrons. The minimum Gasteiger partial charge on any atom is -0.491 e. The maximum absolute atomic E-state index is 13.5. The molecule has 13 nitrogen and oxygen atoms in total. The molecule has 0 saturated heterocycles. The van der Waals surface area contributed by atoms with Crippen LogP contribution in [0.5, 0.6) is 17.2 Å². The summed E-state index contributed by atoms with van der Waals surface area (Å²) in [7, 11) is 6.12. The highest BCUT2D eigenvalue weighted by atomic mass is 32.1. The molecule has 6 rings (SSSR count). The summed E-state index contributed by atoms with van der Waals surface area (Å²) in [4.78, 5) is 22.7. The number of hydrogen-bond donors (Lipinski definition) is 1. The minimum absolute atomic E-state index is 0.0817. The van der Waals surface area contributed by atoms with Crippen LogP contribution in [0.25, 0.3) is 20.8 Å². The summed E-state index contributed by atoms with van der Waals surface area (Å²) in [5, 5.41) is 12.2. The number of benzene rings is 5. The molecule has 0 bridgehead atoms. The maximum atomic E-state index is 13.5. The Balaban J connectivity index is 0.907. The lowest BCUT2D eigenvalue weighted by atomic mass is 10.2. The third-order valence-electron chi connectivity index (χ3n) is 10.2. The van der Waals surface area contributed by atoms with Crippen LogP contribution in [0.1, 0.15) is 31.9 Å². The molecule has 4 aromatic rings. The lowest BCUT2D eigenvalue weighted by Gasteiger charge is -2.29. The van der Waals surface area contributed by atoms with E-state index in [1.165, 1.54) is 29.2 Å². The van der Waals surface area contributed by atoms with Crippen molar-refractivity contribution in [2.45, 2.75) is 45.7 Å². The molecule has 0 saturated carbocycles. The number of nitrogens with zero attached hydrogens (tertiary/aromatic N) is 4. The van der Waals surface area contributed by atoms with Gasteiger partial charge in [0.25, 0.3) is 0 Å². The van der Waals surface area contributed by atoms with E-state index in [9.17, 15) is 18.7 Å². The van der Waals surface area contributed by atoms with E-state index < -0.39 is 17.8 Å². The molecule has 1 unspecified atom stereocenters. The molecular formula is C51H61F2N4O9S+. The second-order valence-corrected chi connectivity index (χ2v) is 18.1. The standard InChI is InChI=1S/C51H61F2N4O9S/c1-51(2,3)66-50(59)57(32-42(58)35-63-43-17-20-46(64-33-36-7-11-38(52)12-8-36)47(31-43)65-34-37-9-13-39(53)14-10-37)22-24-61-26-28-62-27-25-60-23-21-56(6)41-16-19-45-49(30-41)67-48-29-40(55(4)5)15-18-44(48)54-45/h7-20,29-31,42,58H,21-28,32-35H2,1-6H3/q+1. The number of anilines is 1. The van der Waals surface area contributed by atoms with Crippen molar-refractivity contribution >= 4 is 33.3 Å². The maximum Gasteiger partial charge on any atom is 0.410 e. The predicted molar refractivity (Wildman–Crippen MR) is 256 cm³/mol. The zero-order chi connectivity index (χ0) is 47.8. The summed E-state index contributed by atoms with van der Waals surface area (Å²) in [6.07, 6.45) is -1.68. The van der Waals surface area contributed by atoms with Crippen molar-refractivity contribution in [2.75, 3.05) is 91.9 Å². The zero-order valence-corrected chi connectivity index (χ0v) is 39.9. The third-order valence-corrected chi connectivity index (χ3v) is 11.3. The number of carbonyl (C=O) groups excluding carboxylic acids is 1. The van der Waals surface area contributed by atoms with E-state index in [4.69, 9.17) is 38.1 Å². The van der Waals surface area contributed by atoms with E-state index in [1.54, 1.807) is 74.6 Å². The molecule has 1 atom stereocenters. The van der Waals surface area contributed by atoms with Gasteiger partial charge in [-0.1, -0.05) is 24.3 Å². The van der Waals surface area contributed by atoms with Crippen LogP contribution >= 0.6 is 11.3 Å². The monoisotopic (exact) mass is 943 g/mol. The molecular weight excluding hydrogens is 883 g/mol. The summed E-state index contributed by atoms with van der Waals surface area (Å²) >= 11 is 1.74. The minimum atomic E-state index is -1.09. The van der Waals surface area contributed by atoms with Crippen LogP contribution in [-0.2, 0) is 32.2 Å². The van der Waals surface area contributed by atoms with Crippen LogP contribution in [-0.4, -0.2) is 120 Å². The quantitative estimate of drug-likeness (QED) is 0.0361. The summed E-state index contributed by atoms with van der Waals surface area (Å²) in [5.74, 6) is 0.410. The normalized spacial score (nSPS) is 12.0. The highest BCUT2D eigenvalue weighted by molar-refractivity contribution is 7.21. The summed E-state index contributed by atoms with van der Waals surface area (Å²) in [6, 6.07) is 29.5. The smallest absolute Gasteiger partial charge is 0.410 e. The lowest BCUT2D eigenvalue weighted by Crippen LogP contribution is -2.44. The average molecular weight is 944 g/mol. The van der Waals surface area contributed by atoms with Gasteiger partial charge < -0.3 is 48.1 Å². The van der Waals surface area contributed by atoms with Gasteiger partial charge in [-0.25, -0.2) is 23.1 Å². The summed E-state index contributed by atoms with van der Waals surface area (Å²) in [6.45, 7) is 8.42. The van der Waals surface area contributed by atoms with Gasteiger partial charge in [-0.3, -0.25) is 0 Å². The number of carbonyl (C=O) groups is 1. The van der Waals surface area contributed by atoms with Crippen molar-refractivity contribution in [3.05, 3.63) is 131 Å². The summed E-state index contributed by atoms with van der Waals surface area (Å²) in [5.41, 5.74) is 3.79. The van der Waals surface area contributed by atoms with Crippen molar-refractivity contribution in [1.82, 2.24) is 14.5 Å². The van der Waals surface area contributed by atoms with Crippen LogP contribution in [0.4, 0.5) is 19.3 Å². The number of rotatable bonds is 24. The third kappa shape index (κ3) is 16.4. The van der Waals surface area contributed by atoms with E-state index in [1.807, 2.05) is 21.1 Å². The number of aliphatic hydroxyl groups is 1. The molecule has 0 radical (unpaired) electrons. The van der Waals surface area contributed by atoms with Gasteiger partial charge in [0.05, 0.1) is 67.0 Å². The molecule has 1 amide bonds. The Morgan fingerprint density at radius 2 is 1.34 bits per heavy atom. The van der Waals surface area contributed by atoms with Crippen LogP contribution in [0.15, 0.2) is 103 Å². The fraction of sp³-hybridized carbons (Fsp3) is 0.392. The number of aliphatic hydroxyl groups excluding tert-OH is 1. The average Bonchev–Trinajstić information content (AvgIpc) is 3.30. The Kier molecular flexibility index (Phi) is 18.6. The predicted octanol–water partition coefficient (Wildman–Crippen LogP) is 8.03. The van der Waals surface area contributed by atoms with Crippen molar-refractivity contribution in [2.24, 2.45) is 0 Å². The fourth-order valence-electron chi connectivity index (χ4n) is 6.54. The Labute approximate surface area is 395 Å². The molecule has 1 aliphatic heterocycles. The highest BCUT2D eigenvalue weighted by Crippen LogP contribution is 2.34. The topological polar surface area (TPSA) is 124 Å². The van der Waals surface area contributed by atoms with Crippen molar-refractivity contribution in [3.63, 3.8) is 0 Å². The molecule has 1 N–H and O–H groups in total. The number of amides is 1. The first-order valence-electron chi connectivity index (χ1n) is 22.2. The zero-order valence-electron chi connectivity index (χ0n) is 39.0. The first-order chi connectivity index (χ1) is 32.2. The second-order valence-electron chi connectivity index (χ2n) is 17.0. The number of aromatic nitrogens is 1. The lowest BCUT2D eigenvalue weighted by molar-refractivity contribution is -0.00781. The number of likely N-dealkylation sites (N-methyl/N-ethyl adjacent to an activating group) is 1. The molecule has 0 aromatic heterocycles. The van der Waals surface area contributed by atoms with Gasteiger partial charge >= 0.3 is 6.09 Å². The van der Waals surface area contributed by atoms with Crippen molar-refractivity contribution in [1.29, 1.82) is 0 Å². The van der Waals surface area contributed by atoms with Crippen molar-refractivity contribution in [3.8, 4) is 27.8 Å². The van der Waals surface area contributed by atoms with Gasteiger partial charge in [0, 0.05) is 44.0 Å². The van der Waals surface area contributed by atoms with Crippen molar-refractivity contribution < 1.29 is 51.8 Å². The van der Waals surface area contributed by atoms with Gasteiger partial charge in [-0.15, -0.1) is 11.3 Å². The molecule has 2 aliphatic rings. The summed E-state index contributed by atoms with van der Waals surface area (Å²) < 4.78 is 71.1. The Hall–Kier alpha value is -5.91. The molecule has 16 heteroatoms. The van der Waals surface area contributed by atoms with Crippen LogP contribution in [0.3, 0.4) is 0 Å². The molecule has 4 aromatic carbocycles. The first-order valence-corrected chi connectivity index (χ1v) is 23.0. The molecule has 1 aliphatic carbocycles. The largest absolute Gasteiger partial charge is 0.491 e. The van der Waals surface area contributed by atoms with Crippen LogP contribution in [0, 0.1) is 11.6 Å². The number of fused-ring (bicyclic) bond motifs is 2. The second kappa shape index (κ2) is 24.7. The Morgan fingerprint density at radius 3 is 1.97 bits per heavy atom. The fourth-order valence-corrected chi connectivity index (χ4v) is 7.57. The van der Waals surface area contributed by atoms with Gasteiger partial charge in [0.1, 0.15) is 63.0 Å². The first kappa shape index (κ1) is 50.5. The Morgan fingerprint density at radius 1 is 0.731 bits per heavy atom. The van der Waals surface area contributed by atoms with E-state index >= 15 is 0 Å². The molecule has 0 spiro atoms. The number of hydrogen-bond acceptors (Lipinski definition) is 12. The van der Waals surface area contributed by atoms with E-state index in [-0.39, 0.29) is 51.2 Å². The van der Waals surface area contributed by atoms with Gasteiger partial charge in [-0.05, 0) is 92.6 Å². The SMILES string of the molecule is CN(CCOCCOCCOCCN(CC(O)COc1ccc(OCc2ccc(F)cc2)c(OCc2ccc(F)cc2)c1)C(=O)OC(C)(C)C)c1ccc2nc3ccc(=[N+](C)C)cc-3sc2c1. The van der Waals surface area contributed by atoms with Crippen LogP contribution in [0.2, 0.25) is 0 Å². The van der Waals surface area contributed by atoms with Gasteiger partial charge in [-0.2, -0.15) is 0 Å². The van der Waals surface area contributed by atoms with Gasteiger partial charge in [0.15, 0.2) is 11.5 Å². The molecule has 67 heavy (non-hydrogen) atoms. The Bertz CT molecular complexity index is 2530. The highest BCUT2D eigenvalue weighted by Gasteiger charge is 2.25. The number of halogens is 2.